The van der Waals surface area contributed by atoms with E-state index in [-0.39, 0.29) is 18.6 Å². The first kappa shape index (κ1) is 14.1. The highest BCUT2D eigenvalue weighted by molar-refractivity contribution is 7.97. The Hall–Kier alpha value is -1.00. The van der Waals surface area contributed by atoms with Crippen LogP contribution in [0.15, 0.2) is 24.3 Å². The SMILES string of the molecule is CSCc1cccc(C(=O)NC(C)CCO)c1. The van der Waals surface area contributed by atoms with Crippen molar-refractivity contribution in [1.82, 2.24) is 5.32 Å². The predicted molar refractivity (Wildman–Crippen MR) is 72.3 cm³/mol. The Balaban J connectivity index is 2.65. The normalized spacial score (nSPS) is 12.2. The fourth-order valence-corrected chi connectivity index (χ4v) is 2.05. The number of thioether (sulfide) groups is 1. The van der Waals surface area contributed by atoms with Crippen LogP contribution in [0.4, 0.5) is 0 Å². The number of benzene rings is 1. The molecular formula is C13H19NO2S. The molecule has 94 valence electrons. The number of amides is 1. The van der Waals surface area contributed by atoms with Crippen LogP contribution in [-0.2, 0) is 5.75 Å². The minimum Gasteiger partial charge on any atom is -0.396 e. The number of aliphatic hydroxyl groups is 1. The van der Waals surface area contributed by atoms with Crippen molar-refractivity contribution in [3.63, 3.8) is 0 Å². The third-order valence-corrected chi connectivity index (χ3v) is 3.06. The molecule has 4 heteroatoms. The van der Waals surface area contributed by atoms with Crippen LogP contribution in [0.1, 0.15) is 29.3 Å². The molecule has 0 aliphatic carbocycles. The maximum absolute atomic E-state index is 11.9. The van der Waals surface area contributed by atoms with E-state index in [2.05, 4.69) is 5.32 Å². The topological polar surface area (TPSA) is 49.3 Å². The van der Waals surface area contributed by atoms with Gasteiger partial charge in [0.1, 0.15) is 0 Å². The molecule has 0 radical (unpaired) electrons. The average Bonchev–Trinajstić information content (AvgIpc) is 2.30. The lowest BCUT2D eigenvalue weighted by molar-refractivity contribution is 0.0934. The molecule has 0 saturated carbocycles. The number of carbonyl (C=O) groups is 1. The van der Waals surface area contributed by atoms with Gasteiger partial charge in [-0.2, -0.15) is 11.8 Å². The van der Waals surface area contributed by atoms with Crippen LogP contribution in [0.2, 0.25) is 0 Å². The van der Waals surface area contributed by atoms with Crippen LogP contribution in [-0.4, -0.2) is 29.9 Å². The van der Waals surface area contributed by atoms with E-state index in [0.717, 1.165) is 11.3 Å². The maximum Gasteiger partial charge on any atom is 0.251 e. The highest BCUT2D eigenvalue weighted by Crippen LogP contribution is 2.11. The van der Waals surface area contributed by atoms with E-state index in [4.69, 9.17) is 5.11 Å². The molecule has 1 rings (SSSR count). The second kappa shape index (κ2) is 7.35. The van der Waals surface area contributed by atoms with Gasteiger partial charge >= 0.3 is 0 Å². The highest BCUT2D eigenvalue weighted by atomic mass is 32.2. The van der Waals surface area contributed by atoms with Gasteiger partial charge < -0.3 is 10.4 Å². The van der Waals surface area contributed by atoms with E-state index in [1.165, 1.54) is 0 Å². The molecule has 3 nitrogen and oxygen atoms in total. The molecule has 0 aliphatic heterocycles. The molecule has 1 amide bonds. The Bertz CT molecular complexity index is 368. The van der Waals surface area contributed by atoms with Crippen LogP contribution < -0.4 is 5.32 Å². The smallest absolute Gasteiger partial charge is 0.251 e. The van der Waals surface area contributed by atoms with Crippen molar-refractivity contribution in [2.45, 2.75) is 25.1 Å². The first-order chi connectivity index (χ1) is 8.17. The van der Waals surface area contributed by atoms with Crippen molar-refractivity contribution >= 4 is 17.7 Å². The van der Waals surface area contributed by atoms with Gasteiger partial charge in [0.05, 0.1) is 0 Å². The average molecular weight is 253 g/mol. The Morgan fingerprint density at radius 2 is 2.29 bits per heavy atom. The Labute approximate surface area is 107 Å². The summed E-state index contributed by atoms with van der Waals surface area (Å²) in [6.07, 6.45) is 2.62. The van der Waals surface area contributed by atoms with E-state index in [1.54, 1.807) is 11.8 Å². The summed E-state index contributed by atoms with van der Waals surface area (Å²) in [5.74, 6) is 0.835. The van der Waals surface area contributed by atoms with Gasteiger partial charge in [-0.05, 0) is 37.3 Å². The lowest BCUT2D eigenvalue weighted by atomic mass is 10.1. The number of carbonyl (C=O) groups excluding carboxylic acids is 1. The summed E-state index contributed by atoms with van der Waals surface area (Å²) in [6.45, 7) is 1.98. The zero-order chi connectivity index (χ0) is 12.7. The fraction of sp³-hybridized carbons (Fsp3) is 0.462. The van der Waals surface area contributed by atoms with Crippen LogP contribution in [0.3, 0.4) is 0 Å². The summed E-state index contributed by atoms with van der Waals surface area (Å²) >= 11 is 1.73. The Morgan fingerprint density at radius 1 is 1.53 bits per heavy atom. The summed E-state index contributed by atoms with van der Waals surface area (Å²) in [5.41, 5.74) is 1.83. The molecule has 0 spiro atoms. The molecule has 2 N–H and O–H groups in total. The predicted octanol–water partition coefficient (Wildman–Crippen LogP) is 2.05. The molecule has 0 heterocycles. The van der Waals surface area contributed by atoms with Gasteiger partial charge in [-0.25, -0.2) is 0 Å². The van der Waals surface area contributed by atoms with Crippen LogP contribution >= 0.6 is 11.8 Å². The van der Waals surface area contributed by atoms with E-state index in [9.17, 15) is 4.79 Å². The molecule has 0 aromatic heterocycles. The highest BCUT2D eigenvalue weighted by Gasteiger charge is 2.09. The zero-order valence-electron chi connectivity index (χ0n) is 10.3. The summed E-state index contributed by atoms with van der Waals surface area (Å²) in [7, 11) is 0. The molecular weight excluding hydrogens is 234 g/mol. The minimum atomic E-state index is -0.0751. The van der Waals surface area contributed by atoms with Crippen molar-refractivity contribution in [3.05, 3.63) is 35.4 Å². The van der Waals surface area contributed by atoms with Gasteiger partial charge in [0, 0.05) is 24.0 Å². The first-order valence-corrected chi connectivity index (χ1v) is 7.06. The summed E-state index contributed by atoms with van der Waals surface area (Å²) in [6, 6.07) is 7.64. The van der Waals surface area contributed by atoms with Crippen molar-refractivity contribution in [3.8, 4) is 0 Å². The second-order valence-corrected chi connectivity index (χ2v) is 4.89. The molecule has 1 atom stereocenters. The molecule has 0 saturated heterocycles. The fourth-order valence-electron chi connectivity index (χ4n) is 1.54. The number of hydrogen-bond donors (Lipinski definition) is 2. The van der Waals surface area contributed by atoms with Gasteiger partial charge in [-0.3, -0.25) is 4.79 Å². The molecule has 17 heavy (non-hydrogen) atoms. The maximum atomic E-state index is 11.9. The lowest BCUT2D eigenvalue weighted by Crippen LogP contribution is -2.33. The van der Waals surface area contributed by atoms with E-state index in [1.807, 2.05) is 37.4 Å². The lowest BCUT2D eigenvalue weighted by Gasteiger charge is -2.12. The summed E-state index contributed by atoms with van der Waals surface area (Å²) in [5, 5.41) is 11.6. The number of rotatable bonds is 6. The van der Waals surface area contributed by atoms with Crippen molar-refractivity contribution in [1.29, 1.82) is 0 Å². The number of hydrogen-bond acceptors (Lipinski definition) is 3. The van der Waals surface area contributed by atoms with Crippen molar-refractivity contribution < 1.29 is 9.90 Å². The van der Waals surface area contributed by atoms with Crippen molar-refractivity contribution in [2.75, 3.05) is 12.9 Å². The van der Waals surface area contributed by atoms with Gasteiger partial charge in [0.25, 0.3) is 5.91 Å². The molecule has 1 aromatic carbocycles. The molecule has 1 aromatic rings. The molecule has 0 bridgehead atoms. The monoisotopic (exact) mass is 253 g/mol. The zero-order valence-corrected chi connectivity index (χ0v) is 11.1. The van der Waals surface area contributed by atoms with Gasteiger partial charge in [-0.1, -0.05) is 12.1 Å². The third kappa shape index (κ3) is 4.79. The molecule has 1 unspecified atom stereocenters. The van der Waals surface area contributed by atoms with Gasteiger partial charge in [0.15, 0.2) is 0 Å². The summed E-state index contributed by atoms with van der Waals surface area (Å²) in [4.78, 5) is 11.9. The summed E-state index contributed by atoms with van der Waals surface area (Å²) < 4.78 is 0. The van der Waals surface area contributed by atoms with E-state index in [0.29, 0.717) is 12.0 Å². The van der Waals surface area contributed by atoms with Crippen LogP contribution in [0.5, 0.6) is 0 Å². The molecule has 0 fully saturated rings. The van der Waals surface area contributed by atoms with Gasteiger partial charge in [-0.15, -0.1) is 0 Å². The quantitative estimate of drug-likeness (QED) is 0.816. The third-order valence-electron chi connectivity index (χ3n) is 2.44. The van der Waals surface area contributed by atoms with Crippen LogP contribution in [0, 0.1) is 0 Å². The molecule has 0 aliphatic rings. The largest absolute Gasteiger partial charge is 0.396 e. The minimum absolute atomic E-state index is 0.00305. The van der Waals surface area contributed by atoms with Crippen LogP contribution in [0.25, 0.3) is 0 Å². The standard InChI is InChI=1S/C13H19NO2S/c1-10(6-7-15)14-13(16)12-5-3-4-11(8-12)9-17-2/h3-5,8,10,15H,6-7,9H2,1-2H3,(H,14,16). The van der Waals surface area contributed by atoms with E-state index < -0.39 is 0 Å². The van der Waals surface area contributed by atoms with E-state index >= 15 is 0 Å². The number of nitrogens with one attached hydrogen (secondary N) is 1. The Kier molecular flexibility index (Phi) is 6.08. The first-order valence-electron chi connectivity index (χ1n) is 5.67. The number of aliphatic hydroxyl groups excluding tert-OH is 1. The van der Waals surface area contributed by atoms with Gasteiger partial charge in [0.2, 0.25) is 0 Å². The van der Waals surface area contributed by atoms with Crippen molar-refractivity contribution in [2.24, 2.45) is 0 Å². The second-order valence-electron chi connectivity index (χ2n) is 4.02. The Morgan fingerprint density at radius 3 is 2.94 bits per heavy atom.